The Morgan fingerprint density at radius 1 is 1.62 bits per heavy atom. The first-order valence-corrected chi connectivity index (χ1v) is 4.66. The molecule has 0 amide bonds. The first-order chi connectivity index (χ1) is 6.15. The second-order valence-electron chi connectivity index (χ2n) is 3.07. The van der Waals surface area contributed by atoms with Gasteiger partial charge in [-0.25, -0.2) is 0 Å². The molecule has 0 aromatic rings. The molecule has 0 aliphatic rings. The molecule has 0 saturated heterocycles. The lowest BCUT2D eigenvalue weighted by Gasteiger charge is -2.25. The Balaban J connectivity index is 3.93. The number of carbonyl (C=O) groups excluding carboxylic acids is 1. The van der Waals surface area contributed by atoms with Crippen LogP contribution in [0.5, 0.6) is 0 Å². The summed E-state index contributed by atoms with van der Waals surface area (Å²) in [5, 5.41) is 0. The standard InChI is InChI=1S/C9H20N2O2/c1-4-11(7-9(12)13-3)8(2)5-6-10/h8H,4-7,10H2,1-3H3. The highest BCUT2D eigenvalue weighted by Crippen LogP contribution is 2.02. The first kappa shape index (κ1) is 12.4. The van der Waals surface area contributed by atoms with Gasteiger partial charge in [-0.3, -0.25) is 9.69 Å². The molecule has 0 heterocycles. The molecule has 0 spiro atoms. The highest BCUT2D eigenvalue weighted by atomic mass is 16.5. The van der Waals surface area contributed by atoms with Gasteiger partial charge in [0.15, 0.2) is 0 Å². The van der Waals surface area contributed by atoms with E-state index in [0.29, 0.717) is 19.1 Å². The van der Waals surface area contributed by atoms with Crippen LogP contribution in [0.2, 0.25) is 0 Å². The molecule has 1 atom stereocenters. The van der Waals surface area contributed by atoms with Gasteiger partial charge >= 0.3 is 5.97 Å². The summed E-state index contributed by atoms with van der Waals surface area (Å²) in [5.74, 6) is -0.189. The largest absolute Gasteiger partial charge is 0.468 e. The van der Waals surface area contributed by atoms with Gasteiger partial charge in [-0.15, -0.1) is 0 Å². The van der Waals surface area contributed by atoms with Crippen LogP contribution < -0.4 is 5.73 Å². The molecule has 0 fully saturated rings. The SMILES string of the molecule is CCN(CC(=O)OC)C(C)CCN. The Morgan fingerprint density at radius 2 is 2.23 bits per heavy atom. The first-order valence-electron chi connectivity index (χ1n) is 4.66. The summed E-state index contributed by atoms with van der Waals surface area (Å²) in [6.07, 6.45) is 0.908. The average molecular weight is 188 g/mol. The maximum Gasteiger partial charge on any atom is 0.319 e. The zero-order valence-electron chi connectivity index (χ0n) is 8.75. The molecule has 0 aromatic heterocycles. The van der Waals surface area contributed by atoms with Crippen LogP contribution in [0.4, 0.5) is 0 Å². The fourth-order valence-electron chi connectivity index (χ4n) is 1.23. The van der Waals surface area contributed by atoms with Crippen LogP contribution in [0.25, 0.3) is 0 Å². The normalized spacial score (nSPS) is 13.0. The molecule has 1 unspecified atom stereocenters. The lowest BCUT2D eigenvalue weighted by Crippen LogP contribution is -2.38. The molecular weight excluding hydrogens is 168 g/mol. The van der Waals surface area contributed by atoms with Crippen LogP contribution in [-0.4, -0.2) is 43.7 Å². The number of nitrogens with two attached hydrogens (primary N) is 1. The van der Waals surface area contributed by atoms with E-state index in [9.17, 15) is 4.79 Å². The third-order valence-electron chi connectivity index (χ3n) is 2.17. The summed E-state index contributed by atoms with van der Waals surface area (Å²) in [7, 11) is 1.41. The molecule has 13 heavy (non-hydrogen) atoms. The predicted octanol–water partition coefficient (Wildman–Crippen LogP) is 0.219. The topological polar surface area (TPSA) is 55.6 Å². The smallest absolute Gasteiger partial charge is 0.319 e. The quantitative estimate of drug-likeness (QED) is 0.606. The van der Waals surface area contributed by atoms with E-state index in [4.69, 9.17) is 5.73 Å². The molecule has 0 radical (unpaired) electrons. The Bertz CT molecular complexity index is 151. The van der Waals surface area contributed by atoms with Crippen LogP contribution in [0.15, 0.2) is 0 Å². The van der Waals surface area contributed by atoms with Gasteiger partial charge in [-0.1, -0.05) is 6.92 Å². The van der Waals surface area contributed by atoms with Gasteiger partial charge in [-0.05, 0) is 26.4 Å². The van der Waals surface area contributed by atoms with Gasteiger partial charge < -0.3 is 10.5 Å². The van der Waals surface area contributed by atoms with Gasteiger partial charge in [-0.2, -0.15) is 0 Å². The summed E-state index contributed by atoms with van der Waals surface area (Å²) in [5.41, 5.74) is 5.44. The van der Waals surface area contributed by atoms with Gasteiger partial charge in [0.1, 0.15) is 0 Å². The Kier molecular flexibility index (Phi) is 6.54. The lowest BCUT2D eigenvalue weighted by molar-refractivity contribution is -0.142. The van der Waals surface area contributed by atoms with E-state index in [-0.39, 0.29) is 5.97 Å². The van der Waals surface area contributed by atoms with Crippen molar-refractivity contribution in [1.29, 1.82) is 0 Å². The van der Waals surface area contributed by atoms with Crippen molar-refractivity contribution in [1.82, 2.24) is 4.90 Å². The third kappa shape index (κ3) is 4.85. The van der Waals surface area contributed by atoms with E-state index < -0.39 is 0 Å². The number of hydrogen-bond acceptors (Lipinski definition) is 4. The summed E-state index contributed by atoms with van der Waals surface area (Å²) in [4.78, 5) is 13.0. The third-order valence-corrected chi connectivity index (χ3v) is 2.17. The fourth-order valence-corrected chi connectivity index (χ4v) is 1.23. The molecular formula is C9H20N2O2. The van der Waals surface area contributed by atoms with Crippen molar-refractivity contribution in [3.8, 4) is 0 Å². The number of hydrogen-bond donors (Lipinski definition) is 1. The van der Waals surface area contributed by atoms with E-state index in [0.717, 1.165) is 13.0 Å². The van der Waals surface area contributed by atoms with Crippen molar-refractivity contribution in [3.63, 3.8) is 0 Å². The zero-order chi connectivity index (χ0) is 10.3. The van der Waals surface area contributed by atoms with E-state index >= 15 is 0 Å². The van der Waals surface area contributed by atoms with Gasteiger partial charge in [0.25, 0.3) is 0 Å². The molecule has 0 aliphatic carbocycles. The number of rotatable bonds is 6. The summed E-state index contributed by atoms with van der Waals surface area (Å²) >= 11 is 0. The second kappa shape index (κ2) is 6.86. The Hall–Kier alpha value is -0.610. The van der Waals surface area contributed by atoms with Crippen molar-refractivity contribution in [3.05, 3.63) is 0 Å². The van der Waals surface area contributed by atoms with Crippen molar-refractivity contribution in [2.75, 3.05) is 26.7 Å². The van der Waals surface area contributed by atoms with E-state index in [1.165, 1.54) is 7.11 Å². The van der Waals surface area contributed by atoms with E-state index in [2.05, 4.69) is 16.6 Å². The highest BCUT2D eigenvalue weighted by molar-refractivity contribution is 5.71. The lowest BCUT2D eigenvalue weighted by atomic mass is 10.2. The summed E-state index contributed by atoms with van der Waals surface area (Å²) in [6.45, 7) is 5.94. The van der Waals surface area contributed by atoms with Crippen molar-refractivity contribution in [2.45, 2.75) is 26.3 Å². The van der Waals surface area contributed by atoms with E-state index in [1.54, 1.807) is 0 Å². The number of carbonyl (C=O) groups is 1. The maximum atomic E-state index is 11.0. The number of methoxy groups -OCH3 is 1. The van der Waals surface area contributed by atoms with Crippen molar-refractivity contribution < 1.29 is 9.53 Å². The fraction of sp³-hybridized carbons (Fsp3) is 0.889. The minimum Gasteiger partial charge on any atom is -0.468 e. The summed E-state index contributed by atoms with van der Waals surface area (Å²) in [6, 6.07) is 0.342. The molecule has 4 nitrogen and oxygen atoms in total. The monoisotopic (exact) mass is 188 g/mol. The minimum atomic E-state index is -0.189. The van der Waals surface area contributed by atoms with Crippen LogP contribution >= 0.6 is 0 Å². The van der Waals surface area contributed by atoms with Crippen LogP contribution in [0.3, 0.4) is 0 Å². The molecule has 0 rings (SSSR count). The molecule has 78 valence electrons. The highest BCUT2D eigenvalue weighted by Gasteiger charge is 2.14. The van der Waals surface area contributed by atoms with E-state index in [1.807, 2.05) is 6.92 Å². The zero-order valence-corrected chi connectivity index (χ0v) is 8.75. The van der Waals surface area contributed by atoms with Gasteiger partial charge in [0.2, 0.25) is 0 Å². The Labute approximate surface area is 80.0 Å². The Morgan fingerprint density at radius 3 is 2.62 bits per heavy atom. The molecule has 0 saturated carbocycles. The number of likely N-dealkylation sites (N-methyl/N-ethyl adjacent to an activating group) is 1. The van der Waals surface area contributed by atoms with Gasteiger partial charge in [0.05, 0.1) is 13.7 Å². The number of ether oxygens (including phenoxy) is 1. The number of esters is 1. The van der Waals surface area contributed by atoms with Crippen LogP contribution in [-0.2, 0) is 9.53 Å². The minimum absolute atomic E-state index is 0.189. The molecule has 2 N–H and O–H groups in total. The molecule has 0 aromatic carbocycles. The average Bonchev–Trinajstić information content (AvgIpc) is 2.14. The predicted molar refractivity (Wildman–Crippen MR) is 52.4 cm³/mol. The second-order valence-corrected chi connectivity index (χ2v) is 3.07. The molecule has 4 heteroatoms. The van der Waals surface area contributed by atoms with Crippen molar-refractivity contribution in [2.24, 2.45) is 5.73 Å². The molecule has 0 bridgehead atoms. The van der Waals surface area contributed by atoms with Gasteiger partial charge in [0, 0.05) is 6.04 Å². The maximum absolute atomic E-state index is 11.0. The number of nitrogens with zero attached hydrogens (tertiary/aromatic N) is 1. The molecule has 0 aliphatic heterocycles. The van der Waals surface area contributed by atoms with Crippen molar-refractivity contribution >= 4 is 5.97 Å². The van der Waals surface area contributed by atoms with Crippen LogP contribution in [0.1, 0.15) is 20.3 Å². The summed E-state index contributed by atoms with van der Waals surface area (Å²) < 4.78 is 4.60. The van der Waals surface area contributed by atoms with Crippen LogP contribution in [0, 0.1) is 0 Å².